The Balaban J connectivity index is 1.41. The molecule has 5 rings (SSSR count). The number of terminal acetylenes is 1. The van der Waals surface area contributed by atoms with Crippen LogP contribution in [0.5, 0.6) is 0 Å². The molecule has 5 atom stereocenters. The molecule has 222 valence electrons. The first-order valence-corrected chi connectivity index (χ1v) is 14.6. The highest BCUT2D eigenvalue weighted by Crippen LogP contribution is 2.31. The number of hydrogen-bond donors (Lipinski definition) is 0. The molecule has 1 heterocycles. The van der Waals surface area contributed by atoms with Crippen LogP contribution in [0.3, 0.4) is 0 Å². The molecule has 4 aromatic rings. The van der Waals surface area contributed by atoms with E-state index in [1.807, 2.05) is 121 Å². The first kappa shape index (κ1) is 30.7. The maximum atomic E-state index is 6.66. The van der Waals surface area contributed by atoms with Crippen molar-refractivity contribution in [2.45, 2.75) is 57.1 Å². The van der Waals surface area contributed by atoms with Crippen molar-refractivity contribution in [1.82, 2.24) is 0 Å². The summed E-state index contributed by atoms with van der Waals surface area (Å²) < 4.78 is 38.6. The Morgan fingerprint density at radius 1 is 0.512 bits per heavy atom. The van der Waals surface area contributed by atoms with Crippen molar-refractivity contribution in [2.24, 2.45) is 0 Å². The highest BCUT2D eigenvalue weighted by Gasteiger charge is 2.49. The van der Waals surface area contributed by atoms with Crippen LogP contribution >= 0.6 is 0 Å². The topological polar surface area (TPSA) is 55.4 Å². The average Bonchev–Trinajstić information content (AvgIpc) is 3.07. The summed E-state index contributed by atoms with van der Waals surface area (Å²) in [6.07, 6.45) is 2.61. The summed E-state index contributed by atoms with van der Waals surface area (Å²) in [4.78, 5) is 0. The second-order valence-electron chi connectivity index (χ2n) is 10.3. The van der Waals surface area contributed by atoms with Gasteiger partial charge in [-0.25, -0.2) is 0 Å². The van der Waals surface area contributed by atoms with E-state index < -0.39 is 30.7 Å². The highest BCUT2D eigenvalue weighted by molar-refractivity contribution is 5.16. The van der Waals surface area contributed by atoms with Crippen LogP contribution in [-0.2, 0) is 54.8 Å². The van der Waals surface area contributed by atoms with Gasteiger partial charge in [-0.3, -0.25) is 0 Å². The molecule has 1 saturated heterocycles. The summed E-state index contributed by atoms with van der Waals surface area (Å²) in [5.74, 6) is 2.56. The second-order valence-corrected chi connectivity index (χ2v) is 10.3. The molecule has 1 unspecified atom stereocenters. The van der Waals surface area contributed by atoms with Crippen molar-refractivity contribution in [2.75, 3.05) is 13.2 Å². The Hall–Kier alpha value is -3.80. The van der Waals surface area contributed by atoms with Gasteiger partial charge in [0.05, 0.1) is 33.0 Å². The zero-order valence-electron chi connectivity index (χ0n) is 24.2. The molecule has 0 bridgehead atoms. The fraction of sp³-hybridized carbons (Fsp3) is 0.297. The van der Waals surface area contributed by atoms with E-state index in [0.29, 0.717) is 26.4 Å². The fourth-order valence-corrected chi connectivity index (χ4v) is 5.01. The minimum atomic E-state index is -0.789. The van der Waals surface area contributed by atoms with Gasteiger partial charge in [0.15, 0.2) is 6.29 Å². The number of rotatable bonds is 15. The van der Waals surface area contributed by atoms with Gasteiger partial charge >= 0.3 is 0 Å². The quantitative estimate of drug-likeness (QED) is 0.154. The summed E-state index contributed by atoms with van der Waals surface area (Å²) in [6.45, 7) is 1.84. The van der Waals surface area contributed by atoms with Gasteiger partial charge in [0, 0.05) is 0 Å². The van der Waals surface area contributed by atoms with E-state index in [1.165, 1.54) is 0 Å². The van der Waals surface area contributed by atoms with Crippen LogP contribution in [0.2, 0.25) is 0 Å². The lowest BCUT2D eigenvalue weighted by molar-refractivity contribution is -0.326. The molecule has 0 radical (unpaired) electrons. The number of benzene rings is 4. The standard InChI is InChI=1S/C37H38O6/c1-2-23-39-37-36(42-27-32-21-13-6-14-22-32)35(41-26-31-19-11-5-12-20-31)34(40-25-30-17-9-4-10-18-30)33(43-37)28-38-24-29-15-7-3-8-16-29/h1,3-22,33-37H,23-28H2/t33-,34-,35+,36+,37?/m1/s1. The van der Waals surface area contributed by atoms with E-state index in [4.69, 9.17) is 34.8 Å². The van der Waals surface area contributed by atoms with Crippen LogP contribution in [0, 0.1) is 12.3 Å². The van der Waals surface area contributed by atoms with Crippen molar-refractivity contribution in [3.05, 3.63) is 144 Å². The van der Waals surface area contributed by atoms with Crippen molar-refractivity contribution >= 4 is 0 Å². The van der Waals surface area contributed by atoms with Crippen LogP contribution in [0.4, 0.5) is 0 Å². The van der Waals surface area contributed by atoms with Crippen molar-refractivity contribution in [3.63, 3.8) is 0 Å². The molecule has 0 saturated carbocycles. The lowest BCUT2D eigenvalue weighted by Gasteiger charge is -2.45. The summed E-state index contributed by atoms with van der Waals surface area (Å²) in [5.41, 5.74) is 4.17. The molecule has 4 aromatic carbocycles. The highest BCUT2D eigenvalue weighted by atomic mass is 16.7. The summed E-state index contributed by atoms with van der Waals surface area (Å²) in [5, 5.41) is 0. The molecular formula is C37H38O6. The Morgan fingerprint density at radius 2 is 0.930 bits per heavy atom. The summed E-state index contributed by atoms with van der Waals surface area (Å²) in [6, 6.07) is 40.1. The van der Waals surface area contributed by atoms with Crippen LogP contribution in [0.15, 0.2) is 121 Å². The zero-order valence-corrected chi connectivity index (χ0v) is 24.2. The molecule has 0 amide bonds. The normalized spacial score (nSPS) is 21.7. The maximum Gasteiger partial charge on any atom is 0.188 e. The third-order valence-corrected chi connectivity index (χ3v) is 7.17. The Labute approximate surface area is 254 Å². The SMILES string of the molecule is C#CCOC1O[C@H](COCc2ccccc2)[C@@H](OCc2ccccc2)[C@H](OCc2ccccc2)[C@@H]1OCc1ccccc1. The molecule has 0 spiro atoms. The van der Waals surface area contributed by atoms with Crippen LogP contribution in [-0.4, -0.2) is 43.9 Å². The molecular weight excluding hydrogens is 540 g/mol. The molecule has 1 aliphatic heterocycles. The second kappa shape index (κ2) is 16.7. The van der Waals surface area contributed by atoms with Gasteiger partial charge in [0.1, 0.15) is 31.0 Å². The molecule has 0 aliphatic carbocycles. The predicted octanol–water partition coefficient (Wildman–Crippen LogP) is 6.33. The van der Waals surface area contributed by atoms with E-state index in [2.05, 4.69) is 5.92 Å². The number of ether oxygens (including phenoxy) is 6. The van der Waals surface area contributed by atoms with E-state index in [0.717, 1.165) is 22.3 Å². The van der Waals surface area contributed by atoms with E-state index in [-0.39, 0.29) is 13.2 Å². The first-order valence-electron chi connectivity index (χ1n) is 14.6. The van der Waals surface area contributed by atoms with Gasteiger partial charge in [-0.05, 0) is 22.3 Å². The van der Waals surface area contributed by atoms with Crippen molar-refractivity contribution in [1.29, 1.82) is 0 Å². The minimum absolute atomic E-state index is 0.0639. The summed E-state index contributed by atoms with van der Waals surface area (Å²) >= 11 is 0. The van der Waals surface area contributed by atoms with Crippen LogP contribution < -0.4 is 0 Å². The summed E-state index contributed by atoms with van der Waals surface area (Å²) in [7, 11) is 0. The van der Waals surface area contributed by atoms with Gasteiger partial charge in [-0.15, -0.1) is 6.42 Å². The molecule has 1 aliphatic rings. The average molecular weight is 579 g/mol. The lowest BCUT2D eigenvalue weighted by Crippen LogP contribution is -2.61. The van der Waals surface area contributed by atoms with E-state index in [1.54, 1.807) is 0 Å². The minimum Gasteiger partial charge on any atom is -0.374 e. The predicted molar refractivity (Wildman–Crippen MR) is 165 cm³/mol. The first-order chi connectivity index (χ1) is 21.3. The Kier molecular flexibility index (Phi) is 11.9. The van der Waals surface area contributed by atoms with Gasteiger partial charge in [-0.2, -0.15) is 0 Å². The van der Waals surface area contributed by atoms with Gasteiger partial charge in [0.25, 0.3) is 0 Å². The lowest BCUT2D eigenvalue weighted by atomic mass is 9.97. The number of hydrogen-bond acceptors (Lipinski definition) is 6. The van der Waals surface area contributed by atoms with E-state index in [9.17, 15) is 0 Å². The smallest absolute Gasteiger partial charge is 0.188 e. The molecule has 6 nitrogen and oxygen atoms in total. The molecule has 43 heavy (non-hydrogen) atoms. The maximum absolute atomic E-state index is 6.66. The third-order valence-electron chi connectivity index (χ3n) is 7.17. The van der Waals surface area contributed by atoms with Crippen LogP contribution in [0.25, 0.3) is 0 Å². The fourth-order valence-electron chi connectivity index (χ4n) is 5.01. The monoisotopic (exact) mass is 578 g/mol. The molecule has 1 fully saturated rings. The van der Waals surface area contributed by atoms with Gasteiger partial charge < -0.3 is 28.4 Å². The van der Waals surface area contributed by atoms with Crippen LogP contribution in [0.1, 0.15) is 22.3 Å². The van der Waals surface area contributed by atoms with E-state index >= 15 is 0 Å². The van der Waals surface area contributed by atoms with Gasteiger partial charge in [0.2, 0.25) is 0 Å². The third kappa shape index (κ3) is 9.34. The largest absolute Gasteiger partial charge is 0.374 e. The molecule has 0 N–H and O–H groups in total. The molecule has 0 aromatic heterocycles. The Bertz CT molecular complexity index is 1360. The van der Waals surface area contributed by atoms with Gasteiger partial charge in [-0.1, -0.05) is 127 Å². The molecule has 6 heteroatoms. The Morgan fingerprint density at radius 3 is 1.40 bits per heavy atom. The zero-order chi connectivity index (χ0) is 29.5. The van der Waals surface area contributed by atoms with Crippen molar-refractivity contribution < 1.29 is 28.4 Å². The van der Waals surface area contributed by atoms with Crippen molar-refractivity contribution in [3.8, 4) is 12.3 Å².